The largest absolute Gasteiger partial charge is 0.447 e. The van der Waals surface area contributed by atoms with Gasteiger partial charge in [0.15, 0.2) is 0 Å². The van der Waals surface area contributed by atoms with E-state index in [0.717, 1.165) is 10.2 Å². The van der Waals surface area contributed by atoms with Crippen LogP contribution in [0.3, 0.4) is 0 Å². The van der Waals surface area contributed by atoms with Crippen molar-refractivity contribution in [2.45, 2.75) is 45.4 Å². The Morgan fingerprint density at radius 3 is 2.74 bits per heavy atom. The van der Waals surface area contributed by atoms with Gasteiger partial charge in [0.2, 0.25) is 0 Å². The maximum atomic E-state index is 11.9. The van der Waals surface area contributed by atoms with Crippen molar-refractivity contribution < 1.29 is 14.3 Å². The van der Waals surface area contributed by atoms with Crippen LogP contribution in [0.25, 0.3) is 0 Å². The third-order valence-electron chi connectivity index (χ3n) is 3.52. The molecule has 0 unspecified atom stereocenters. The summed E-state index contributed by atoms with van der Waals surface area (Å²) in [6.45, 7) is 5.19. The smallest absolute Gasteiger partial charge is 0.410 e. The highest BCUT2D eigenvalue weighted by Crippen LogP contribution is 2.13. The highest BCUT2D eigenvalue weighted by molar-refractivity contribution is 9.10. The summed E-state index contributed by atoms with van der Waals surface area (Å²) < 4.78 is 6.00. The highest BCUT2D eigenvalue weighted by Gasteiger charge is 2.25. The minimum absolute atomic E-state index is 0.0586. The number of hydrogen-bond donors (Lipinski definition) is 3. The summed E-state index contributed by atoms with van der Waals surface area (Å²) in [6.07, 6.45) is 2.67. The van der Waals surface area contributed by atoms with Crippen LogP contribution in [0.5, 0.6) is 0 Å². The molecule has 128 valence electrons. The summed E-state index contributed by atoms with van der Waals surface area (Å²) in [6, 6.07) is -0.169. The van der Waals surface area contributed by atoms with Crippen LogP contribution in [-0.2, 0) is 11.3 Å². The number of piperidine rings is 1. The molecule has 1 aromatic heterocycles. The first kappa shape index (κ1) is 17.6. The zero-order valence-corrected chi connectivity index (χ0v) is 14.9. The van der Waals surface area contributed by atoms with Crippen LogP contribution in [0.15, 0.2) is 10.7 Å². The molecule has 1 saturated heterocycles. The number of urea groups is 1. The average Bonchev–Trinajstić information content (AvgIpc) is 2.90. The van der Waals surface area contributed by atoms with Gasteiger partial charge in [0.25, 0.3) is 0 Å². The Kier molecular flexibility index (Phi) is 6.26. The maximum Gasteiger partial charge on any atom is 0.410 e. The van der Waals surface area contributed by atoms with Gasteiger partial charge in [-0.15, -0.1) is 0 Å². The molecule has 0 aromatic carbocycles. The first-order valence-corrected chi connectivity index (χ1v) is 8.42. The number of hydrogen-bond acceptors (Lipinski definition) is 4. The number of halogens is 1. The fraction of sp³-hybridized carbons (Fsp3) is 0.643. The second-order valence-electron chi connectivity index (χ2n) is 5.72. The van der Waals surface area contributed by atoms with Crippen LogP contribution in [0.1, 0.15) is 32.4 Å². The zero-order chi connectivity index (χ0) is 16.8. The first-order valence-electron chi connectivity index (χ1n) is 7.63. The third kappa shape index (κ3) is 5.42. The van der Waals surface area contributed by atoms with Crippen LogP contribution >= 0.6 is 15.9 Å². The summed E-state index contributed by atoms with van der Waals surface area (Å²) in [7, 11) is 0. The minimum Gasteiger partial charge on any atom is -0.447 e. The fourth-order valence-corrected chi connectivity index (χ4v) is 2.64. The lowest BCUT2D eigenvalue weighted by Crippen LogP contribution is -2.49. The number of H-pyrrole nitrogens is 1. The number of likely N-dealkylation sites (tertiary alicyclic amines) is 1. The van der Waals surface area contributed by atoms with Gasteiger partial charge in [-0.1, -0.05) is 0 Å². The van der Waals surface area contributed by atoms with Crippen molar-refractivity contribution in [1.82, 2.24) is 25.7 Å². The third-order valence-corrected chi connectivity index (χ3v) is 4.20. The van der Waals surface area contributed by atoms with Crippen molar-refractivity contribution in [2.24, 2.45) is 0 Å². The van der Waals surface area contributed by atoms with E-state index in [4.69, 9.17) is 4.74 Å². The number of amides is 3. The molecular weight excluding hydrogens is 366 g/mol. The average molecular weight is 388 g/mol. The number of nitrogens with zero attached hydrogens (tertiary/aromatic N) is 2. The van der Waals surface area contributed by atoms with Gasteiger partial charge in [-0.05, 0) is 42.6 Å². The van der Waals surface area contributed by atoms with E-state index < -0.39 is 0 Å². The molecule has 9 heteroatoms. The molecule has 2 rings (SSSR count). The van der Waals surface area contributed by atoms with Gasteiger partial charge in [0.05, 0.1) is 29.0 Å². The highest BCUT2D eigenvalue weighted by atomic mass is 79.9. The van der Waals surface area contributed by atoms with E-state index in [0.29, 0.717) is 32.5 Å². The number of nitrogens with one attached hydrogen (secondary N) is 3. The molecule has 8 nitrogen and oxygen atoms in total. The standard InChI is InChI=1S/C14H22BrN5O3/c1-9(2)23-14(22)20-5-3-10(4-6-20)18-13(21)16-8-12-11(15)7-17-19-12/h7,9-10H,3-6,8H2,1-2H3,(H,17,19)(H2,16,18,21). The number of aromatic nitrogens is 2. The minimum atomic E-state index is -0.285. The maximum absolute atomic E-state index is 11.9. The van der Waals surface area contributed by atoms with Gasteiger partial charge in [-0.2, -0.15) is 5.10 Å². The fourth-order valence-electron chi connectivity index (χ4n) is 2.31. The Balaban J connectivity index is 1.68. The van der Waals surface area contributed by atoms with Crippen molar-refractivity contribution in [3.8, 4) is 0 Å². The van der Waals surface area contributed by atoms with Gasteiger partial charge in [0, 0.05) is 19.1 Å². The predicted octanol–water partition coefficient (Wildman–Crippen LogP) is 1.98. The molecule has 3 amide bonds. The van der Waals surface area contributed by atoms with Gasteiger partial charge in [-0.25, -0.2) is 9.59 Å². The van der Waals surface area contributed by atoms with Gasteiger partial charge >= 0.3 is 12.1 Å². The van der Waals surface area contributed by atoms with E-state index >= 15 is 0 Å². The summed E-state index contributed by atoms with van der Waals surface area (Å²) in [5, 5.41) is 12.4. The Hall–Kier alpha value is -1.77. The molecule has 3 N–H and O–H groups in total. The molecule has 0 radical (unpaired) electrons. The number of aromatic amines is 1. The quantitative estimate of drug-likeness (QED) is 0.735. The predicted molar refractivity (Wildman–Crippen MR) is 87.9 cm³/mol. The van der Waals surface area contributed by atoms with E-state index in [-0.39, 0.29) is 24.3 Å². The van der Waals surface area contributed by atoms with E-state index in [1.54, 1.807) is 11.1 Å². The van der Waals surface area contributed by atoms with E-state index in [2.05, 4.69) is 36.8 Å². The topological polar surface area (TPSA) is 99.4 Å². The molecule has 0 spiro atoms. The molecule has 0 aliphatic carbocycles. The van der Waals surface area contributed by atoms with Crippen molar-refractivity contribution in [1.29, 1.82) is 0 Å². The SMILES string of the molecule is CC(C)OC(=O)N1CCC(NC(=O)NCc2[nH]ncc2Br)CC1. The summed E-state index contributed by atoms with van der Waals surface area (Å²) in [4.78, 5) is 25.4. The second kappa shape index (κ2) is 8.19. The number of carbonyl (C=O) groups is 2. The molecule has 1 aromatic rings. The van der Waals surface area contributed by atoms with Gasteiger partial charge < -0.3 is 20.3 Å². The van der Waals surface area contributed by atoms with E-state index in [9.17, 15) is 9.59 Å². The lowest BCUT2D eigenvalue weighted by molar-refractivity contribution is 0.0684. The first-order chi connectivity index (χ1) is 11.0. The van der Waals surface area contributed by atoms with E-state index in [1.165, 1.54) is 0 Å². The van der Waals surface area contributed by atoms with E-state index in [1.807, 2.05) is 13.8 Å². The molecule has 23 heavy (non-hydrogen) atoms. The lowest BCUT2D eigenvalue weighted by atomic mass is 10.1. The summed E-state index contributed by atoms with van der Waals surface area (Å²) in [5.74, 6) is 0. The van der Waals surface area contributed by atoms with Crippen molar-refractivity contribution in [3.05, 3.63) is 16.4 Å². The molecule has 1 aliphatic heterocycles. The molecular formula is C14H22BrN5O3. The van der Waals surface area contributed by atoms with Gasteiger partial charge in [0.1, 0.15) is 0 Å². The lowest BCUT2D eigenvalue weighted by Gasteiger charge is -2.32. The monoisotopic (exact) mass is 387 g/mol. The molecule has 2 heterocycles. The summed E-state index contributed by atoms with van der Waals surface area (Å²) >= 11 is 3.34. The molecule has 1 fully saturated rings. The second-order valence-corrected chi connectivity index (χ2v) is 6.57. The van der Waals surface area contributed by atoms with Crippen LogP contribution in [0.2, 0.25) is 0 Å². The van der Waals surface area contributed by atoms with Gasteiger partial charge in [-0.3, -0.25) is 5.10 Å². The Morgan fingerprint density at radius 1 is 1.48 bits per heavy atom. The number of rotatable bonds is 4. The van der Waals surface area contributed by atoms with Crippen LogP contribution < -0.4 is 10.6 Å². The van der Waals surface area contributed by atoms with Crippen LogP contribution in [-0.4, -0.2) is 52.5 Å². The Morgan fingerprint density at radius 2 is 2.17 bits per heavy atom. The zero-order valence-electron chi connectivity index (χ0n) is 13.3. The van der Waals surface area contributed by atoms with Crippen molar-refractivity contribution in [2.75, 3.05) is 13.1 Å². The van der Waals surface area contributed by atoms with Crippen molar-refractivity contribution >= 4 is 28.1 Å². The molecule has 0 saturated carbocycles. The normalized spacial score (nSPS) is 15.6. The summed E-state index contributed by atoms with van der Waals surface area (Å²) in [5.41, 5.74) is 0.811. The molecule has 1 aliphatic rings. The Bertz CT molecular complexity index is 540. The van der Waals surface area contributed by atoms with Crippen LogP contribution in [0.4, 0.5) is 9.59 Å². The van der Waals surface area contributed by atoms with Crippen LogP contribution in [0, 0.1) is 0 Å². The van der Waals surface area contributed by atoms with Crippen molar-refractivity contribution in [3.63, 3.8) is 0 Å². The molecule has 0 atom stereocenters. The Labute approximate surface area is 143 Å². The number of ether oxygens (including phenoxy) is 1. The molecule has 0 bridgehead atoms. The number of carbonyl (C=O) groups excluding carboxylic acids is 2.